The van der Waals surface area contributed by atoms with Gasteiger partial charge in [-0.2, -0.15) is 0 Å². The number of aromatic nitrogens is 3. The monoisotopic (exact) mass is 237 g/mol. The summed E-state index contributed by atoms with van der Waals surface area (Å²) in [6.45, 7) is 1.97. The highest BCUT2D eigenvalue weighted by Crippen LogP contribution is 2.15. The molecule has 4 heteroatoms. The van der Waals surface area contributed by atoms with Crippen molar-refractivity contribution >= 4 is 15.9 Å². The molecule has 2 aromatic heterocycles. The fourth-order valence-corrected chi connectivity index (χ4v) is 1.29. The number of hydrogen-bond acceptors (Lipinski definition) is 2. The molecule has 1 N–H and O–H groups in total. The van der Waals surface area contributed by atoms with Gasteiger partial charge in [0.15, 0.2) is 5.82 Å². The van der Waals surface area contributed by atoms with Gasteiger partial charge in [0.1, 0.15) is 5.69 Å². The Morgan fingerprint density at radius 1 is 1.23 bits per heavy atom. The Balaban J connectivity index is 2.41. The van der Waals surface area contributed by atoms with E-state index >= 15 is 0 Å². The standard InChI is InChI=1S/C9H8BrN3/c1-6-4-12-9(13-6)8-3-2-7(10)5-11-8/h2-5H,1H3,(H,12,13). The van der Waals surface area contributed by atoms with Gasteiger partial charge in [-0.3, -0.25) is 4.98 Å². The van der Waals surface area contributed by atoms with Gasteiger partial charge in [-0.15, -0.1) is 0 Å². The van der Waals surface area contributed by atoms with E-state index in [1.165, 1.54) is 0 Å². The fraction of sp³-hybridized carbons (Fsp3) is 0.111. The van der Waals surface area contributed by atoms with E-state index in [0.29, 0.717) is 0 Å². The van der Waals surface area contributed by atoms with Crippen LogP contribution < -0.4 is 0 Å². The van der Waals surface area contributed by atoms with Crippen molar-refractivity contribution in [2.24, 2.45) is 0 Å². The zero-order valence-electron chi connectivity index (χ0n) is 7.08. The number of H-pyrrole nitrogens is 1. The van der Waals surface area contributed by atoms with E-state index in [1.54, 1.807) is 12.4 Å². The summed E-state index contributed by atoms with van der Waals surface area (Å²) in [5.41, 5.74) is 1.90. The average Bonchev–Trinajstić information content (AvgIpc) is 2.53. The maximum absolute atomic E-state index is 4.22. The van der Waals surface area contributed by atoms with Gasteiger partial charge in [0, 0.05) is 22.6 Å². The highest BCUT2D eigenvalue weighted by atomic mass is 79.9. The number of nitrogens with zero attached hydrogens (tertiary/aromatic N) is 2. The van der Waals surface area contributed by atoms with Crippen LogP contribution in [0.1, 0.15) is 5.69 Å². The molecule has 0 bridgehead atoms. The van der Waals surface area contributed by atoms with E-state index in [4.69, 9.17) is 0 Å². The van der Waals surface area contributed by atoms with Crippen LogP contribution in [0.25, 0.3) is 11.5 Å². The minimum Gasteiger partial charge on any atom is -0.341 e. The normalized spacial score (nSPS) is 10.3. The molecule has 0 aromatic carbocycles. The minimum atomic E-state index is 0.810. The summed E-state index contributed by atoms with van der Waals surface area (Å²) >= 11 is 3.33. The topological polar surface area (TPSA) is 41.6 Å². The summed E-state index contributed by atoms with van der Waals surface area (Å²) < 4.78 is 0.972. The van der Waals surface area contributed by atoms with Crippen LogP contribution in [0.2, 0.25) is 0 Å². The number of imidazole rings is 1. The summed E-state index contributed by atoms with van der Waals surface area (Å²) in [5, 5.41) is 0. The Bertz CT molecular complexity index is 405. The predicted molar refractivity (Wildman–Crippen MR) is 54.3 cm³/mol. The lowest BCUT2D eigenvalue weighted by molar-refractivity contribution is 1.20. The van der Waals surface area contributed by atoms with Crippen LogP contribution in [0.15, 0.2) is 29.0 Å². The molecule has 0 amide bonds. The second kappa shape index (κ2) is 3.30. The summed E-state index contributed by atoms with van der Waals surface area (Å²) in [6, 6.07) is 3.86. The first-order valence-electron chi connectivity index (χ1n) is 3.89. The first-order chi connectivity index (χ1) is 6.25. The second-order valence-corrected chi connectivity index (χ2v) is 3.69. The Morgan fingerprint density at radius 3 is 2.62 bits per heavy atom. The van der Waals surface area contributed by atoms with Gasteiger partial charge < -0.3 is 4.98 Å². The minimum absolute atomic E-state index is 0.810. The van der Waals surface area contributed by atoms with Crippen LogP contribution in [0.5, 0.6) is 0 Å². The number of aryl methyl sites for hydroxylation is 1. The Hall–Kier alpha value is -1.16. The number of hydrogen-bond donors (Lipinski definition) is 1. The molecule has 0 radical (unpaired) electrons. The van der Waals surface area contributed by atoms with E-state index in [2.05, 4.69) is 30.9 Å². The van der Waals surface area contributed by atoms with Crippen LogP contribution in [0, 0.1) is 6.92 Å². The maximum Gasteiger partial charge on any atom is 0.156 e. The number of halogens is 1. The van der Waals surface area contributed by atoms with Gasteiger partial charge >= 0.3 is 0 Å². The molecule has 0 aliphatic heterocycles. The van der Waals surface area contributed by atoms with Gasteiger partial charge in [-0.25, -0.2) is 4.98 Å². The van der Waals surface area contributed by atoms with Gasteiger partial charge in [0.25, 0.3) is 0 Å². The number of aromatic amines is 1. The van der Waals surface area contributed by atoms with Gasteiger partial charge in [0.05, 0.1) is 0 Å². The van der Waals surface area contributed by atoms with E-state index < -0.39 is 0 Å². The van der Waals surface area contributed by atoms with E-state index in [0.717, 1.165) is 21.7 Å². The lowest BCUT2D eigenvalue weighted by atomic mass is 10.3. The van der Waals surface area contributed by atoms with Crippen LogP contribution in [-0.2, 0) is 0 Å². The molecule has 0 fully saturated rings. The summed E-state index contributed by atoms with van der Waals surface area (Å²) in [4.78, 5) is 11.5. The van der Waals surface area contributed by atoms with E-state index in [1.807, 2.05) is 19.1 Å². The molecule has 66 valence electrons. The van der Waals surface area contributed by atoms with Crippen molar-refractivity contribution in [3.63, 3.8) is 0 Å². The summed E-state index contributed by atoms with van der Waals surface area (Å²) in [6.07, 6.45) is 3.55. The molecule has 0 unspecified atom stereocenters. The zero-order valence-corrected chi connectivity index (χ0v) is 8.67. The molecule has 0 saturated heterocycles. The molecule has 0 atom stereocenters. The van der Waals surface area contributed by atoms with Crippen molar-refractivity contribution in [1.82, 2.24) is 15.0 Å². The quantitative estimate of drug-likeness (QED) is 0.829. The van der Waals surface area contributed by atoms with Crippen molar-refractivity contribution in [2.45, 2.75) is 6.92 Å². The molecular formula is C9H8BrN3. The van der Waals surface area contributed by atoms with Crippen molar-refractivity contribution in [2.75, 3.05) is 0 Å². The predicted octanol–water partition coefficient (Wildman–Crippen LogP) is 2.54. The van der Waals surface area contributed by atoms with Crippen molar-refractivity contribution in [1.29, 1.82) is 0 Å². The van der Waals surface area contributed by atoms with Crippen LogP contribution in [-0.4, -0.2) is 15.0 Å². The van der Waals surface area contributed by atoms with Crippen molar-refractivity contribution in [3.8, 4) is 11.5 Å². The van der Waals surface area contributed by atoms with Gasteiger partial charge in [-0.05, 0) is 35.0 Å². The van der Waals surface area contributed by atoms with Crippen molar-refractivity contribution in [3.05, 3.63) is 34.7 Å². The molecule has 3 nitrogen and oxygen atoms in total. The number of nitrogens with one attached hydrogen (secondary N) is 1. The second-order valence-electron chi connectivity index (χ2n) is 2.78. The maximum atomic E-state index is 4.22. The Kier molecular flexibility index (Phi) is 2.14. The third-order valence-electron chi connectivity index (χ3n) is 1.67. The zero-order chi connectivity index (χ0) is 9.26. The molecule has 0 aliphatic carbocycles. The summed E-state index contributed by atoms with van der Waals surface area (Å²) in [7, 11) is 0. The number of pyridine rings is 1. The van der Waals surface area contributed by atoms with E-state index in [9.17, 15) is 0 Å². The molecule has 2 rings (SSSR count). The first-order valence-corrected chi connectivity index (χ1v) is 4.68. The third kappa shape index (κ3) is 1.78. The Morgan fingerprint density at radius 2 is 2.08 bits per heavy atom. The first kappa shape index (κ1) is 8.44. The van der Waals surface area contributed by atoms with Gasteiger partial charge in [0.2, 0.25) is 0 Å². The fourth-order valence-electron chi connectivity index (χ4n) is 1.06. The SMILES string of the molecule is Cc1cnc(-c2ccc(Br)cn2)[nH]1. The molecule has 2 aromatic rings. The van der Waals surface area contributed by atoms with Gasteiger partial charge in [-0.1, -0.05) is 0 Å². The molecule has 2 heterocycles. The highest BCUT2D eigenvalue weighted by Gasteiger charge is 2.01. The van der Waals surface area contributed by atoms with Crippen LogP contribution >= 0.6 is 15.9 Å². The van der Waals surface area contributed by atoms with E-state index in [-0.39, 0.29) is 0 Å². The molecule has 0 saturated carbocycles. The molecular weight excluding hydrogens is 230 g/mol. The Labute approximate surface area is 84.4 Å². The van der Waals surface area contributed by atoms with Crippen LogP contribution in [0.4, 0.5) is 0 Å². The lowest BCUT2D eigenvalue weighted by Crippen LogP contribution is -1.84. The highest BCUT2D eigenvalue weighted by molar-refractivity contribution is 9.10. The average molecular weight is 238 g/mol. The van der Waals surface area contributed by atoms with Crippen LogP contribution in [0.3, 0.4) is 0 Å². The molecule has 0 spiro atoms. The largest absolute Gasteiger partial charge is 0.341 e. The smallest absolute Gasteiger partial charge is 0.156 e. The number of rotatable bonds is 1. The lowest BCUT2D eigenvalue weighted by Gasteiger charge is -1.94. The summed E-state index contributed by atoms with van der Waals surface area (Å²) in [5.74, 6) is 0.810. The molecule has 13 heavy (non-hydrogen) atoms. The third-order valence-corrected chi connectivity index (χ3v) is 2.14. The van der Waals surface area contributed by atoms with Crippen molar-refractivity contribution < 1.29 is 0 Å². The molecule has 0 aliphatic rings.